The summed E-state index contributed by atoms with van der Waals surface area (Å²) in [7, 11) is -1.43. The minimum Gasteiger partial charge on any atom is -0.304 e. The van der Waals surface area contributed by atoms with Crippen molar-refractivity contribution in [3.8, 4) is 0 Å². The second kappa shape index (κ2) is 7.56. The van der Waals surface area contributed by atoms with Crippen LogP contribution in [-0.4, -0.2) is 51.4 Å². The molecule has 1 fully saturated rings. The number of nitrogens with one attached hydrogen (secondary N) is 1. The highest BCUT2D eigenvalue weighted by molar-refractivity contribution is 7.92. The molecule has 1 aliphatic rings. The van der Waals surface area contributed by atoms with Crippen LogP contribution in [0, 0.1) is 6.07 Å². The van der Waals surface area contributed by atoms with Crippen LogP contribution in [0.3, 0.4) is 0 Å². The van der Waals surface area contributed by atoms with E-state index in [1.54, 1.807) is 36.4 Å². The Kier molecular flexibility index (Phi) is 5.42. The van der Waals surface area contributed by atoms with Crippen LogP contribution in [0.15, 0.2) is 53.4 Å². The molecule has 0 bridgehead atoms. The second-order valence-corrected chi connectivity index (χ2v) is 8.16. The molecule has 3 rings (SSSR count). The average Bonchev–Trinajstić information content (AvgIpc) is 2.62. The zero-order valence-corrected chi connectivity index (χ0v) is 15.5. The fourth-order valence-electron chi connectivity index (χ4n) is 3.01. The standard InChI is InChI=1S/C19H24N3O2S/c1-16(22-14-12-21(2)13-15-22)17-8-10-19(11-9-17)25(23,24)20-18-6-4-3-5-7-18/h4-11,16,20H,12-15H2,1-2H3. The monoisotopic (exact) mass is 358 g/mol. The molecule has 25 heavy (non-hydrogen) atoms. The molecule has 0 amide bonds. The van der Waals surface area contributed by atoms with Crippen molar-refractivity contribution in [1.29, 1.82) is 0 Å². The normalized spacial score (nSPS) is 18.0. The number of piperazine rings is 1. The van der Waals surface area contributed by atoms with Gasteiger partial charge in [-0.2, -0.15) is 0 Å². The minimum atomic E-state index is -3.57. The van der Waals surface area contributed by atoms with E-state index < -0.39 is 10.0 Å². The first kappa shape index (κ1) is 17.9. The van der Waals surface area contributed by atoms with Crippen molar-refractivity contribution in [1.82, 2.24) is 9.80 Å². The van der Waals surface area contributed by atoms with Gasteiger partial charge in [-0.15, -0.1) is 0 Å². The average molecular weight is 358 g/mol. The lowest BCUT2D eigenvalue weighted by atomic mass is 10.1. The highest BCUT2D eigenvalue weighted by Gasteiger charge is 2.21. The van der Waals surface area contributed by atoms with Crippen LogP contribution in [0.25, 0.3) is 0 Å². The van der Waals surface area contributed by atoms with E-state index in [1.807, 2.05) is 12.1 Å². The number of benzene rings is 2. The van der Waals surface area contributed by atoms with Gasteiger partial charge in [0, 0.05) is 37.9 Å². The van der Waals surface area contributed by atoms with Gasteiger partial charge in [0.25, 0.3) is 10.0 Å². The second-order valence-electron chi connectivity index (χ2n) is 6.48. The van der Waals surface area contributed by atoms with Crippen LogP contribution in [-0.2, 0) is 10.0 Å². The van der Waals surface area contributed by atoms with Gasteiger partial charge in [0.2, 0.25) is 0 Å². The van der Waals surface area contributed by atoms with Crippen LogP contribution < -0.4 is 4.72 Å². The Labute approximate surface area is 150 Å². The first-order valence-corrected chi connectivity index (χ1v) is 9.95. The number of rotatable bonds is 5. The van der Waals surface area contributed by atoms with Gasteiger partial charge in [0.05, 0.1) is 4.90 Å². The van der Waals surface area contributed by atoms with Gasteiger partial charge in [0.15, 0.2) is 0 Å². The SMILES string of the molecule is CC(c1ccc(S(=O)(=O)Nc2cc[c]cc2)cc1)N1CCN(C)CC1. The quantitative estimate of drug-likeness (QED) is 0.893. The first-order chi connectivity index (χ1) is 12.0. The molecule has 5 nitrogen and oxygen atoms in total. The molecule has 1 atom stereocenters. The van der Waals surface area contributed by atoms with Crippen LogP contribution in [0.4, 0.5) is 5.69 Å². The summed E-state index contributed by atoms with van der Waals surface area (Å²) in [5.41, 5.74) is 1.67. The zero-order valence-electron chi connectivity index (χ0n) is 14.6. The highest BCUT2D eigenvalue weighted by atomic mass is 32.2. The van der Waals surface area contributed by atoms with E-state index in [9.17, 15) is 8.42 Å². The molecule has 2 aromatic carbocycles. The largest absolute Gasteiger partial charge is 0.304 e. The van der Waals surface area contributed by atoms with Crippen LogP contribution in [0.1, 0.15) is 18.5 Å². The lowest BCUT2D eigenvalue weighted by molar-refractivity contribution is 0.119. The number of nitrogens with zero attached hydrogens (tertiary/aromatic N) is 2. The maximum absolute atomic E-state index is 12.5. The predicted molar refractivity (Wildman–Crippen MR) is 100 cm³/mol. The van der Waals surface area contributed by atoms with Crippen molar-refractivity contribution in [3.05, 3.63) is 60.2 Å². The lowest BCUT2D eigenvalue weighted by Crippen LogP contribution is -2.45. The molecule has 1 aliphatic heterocycles. The number of hydrogen-bond acceptors (Lipinski definition) is 4. The van der Waals surface area contributed by atoms with Crippen molar-refractivity contribution in [2.45, 2.75) is 17.9 Å². The molecule has 0 saturated carbocycles. The molecule has 1 unspecified atom stereocenters. The predicted octanol–water partition coefficient (Wildman–Crippen LogP) is 2.60. The van der Waals surface area contributed by atoms with Crippen molar-refractivity contribution < 1.29 is 8.42 Å². The van der Waals surface area contributed by atoms with Gasteiger partial charge in [-0.1, -0.05) is 24.3 Å². The molecular formula is C19H24N3O2S. The molecule has 0 aliphatic carbocycles. The van der Waals surface area contributed by atoms with Crippen LogP contribution >= 0.6 is 0 Å². The number of anilines is 1. The van der Waals surface area contributed by atoms with Crippen molar-refractivity contribution >= 4 is 15.7 Å². The molecule has 0 aromatic heterocycles. The summed E-state index contributed by atoms with van der Waals surface area (Å²) in [6.45, 7) is 6.37. The molecule has 1 saturated heterocycles. The summed E-state index contributed by atoms with van der Waals surface area (Å²) in [6.07, 6.45) is 0. The Morgan fingerprint density at radius 3 is 2.20 bits per heavy atom. The van der Waals surface area contributed by atoms with Gasteiger partial charge in [0.1, 0.15) is 0 Å². The zero-order chi connectivity index (χ0) is 17.9. The smallest absolute Gasteiger partial charge is 0.261 e. The van der Waals surface area contributed by atoms with Crippen molar-refractivity contribution in [2.75, 3.05) is 37.9 Å². The van der Waals surface area contributed by atoms with E-state index in [4.69, 9.17) is 0 Å². The van der Waals surface area contributed by atoms with E-state index in [1.165, 1.54) is 0 Å². The van der Waals surface area contributed by atoms with Crippen LogP contribution in [0.5, 0.6) is 0 Å². The van der Waals surface area contributed by atoms with Gasteiger partial charge in [-0.25, -0.2) is 8.42 Å². The Bertz CT molecular complexity index is 783. The van der Waals surface area contributed by atoms with E-state index in [2.05, 4.69) is 34.6 Å². The lowest BCUT2D eigenvalue weighted by Gasteiger charge is -2.36. The van der Waals surface area contributed by atoms with Gasteiger partial charge in [-0.05, 0) is 49.9 Å². The minimum absolute atomic E-state index is 0.273. The number of likely N-dealkylation sites (N-methyl/N-ethyl adjacent to an activating group) is 1. The third-order valence-electron chi connectivity index (χ3n) is 4.73. The maximum atomic E-state index is 12.5. The third kappa shape index (κ3) is 4.39. The van der Waals surface area contributed by atoms with E-state index in [-0.39, 0.29) is 10.9 Å². The Hall–Kier alpha value is -1.89. The molecular weight excluding hydrogens is 334 g/mol. The Balaban J connectivity index is 1.71. The molecule has 133 valence electrons. The van der Waals surface area contributed by atoms with E-state index >= 15 is 0 Å². The number of sulfonamides is 1. The summed E-state index contributed by atoms with van der Waals surface area (Å²) < 4.78 is 27.6. The highest BCUT2D eigenvalue weighted by Crippen LogP contribution is 2.23. The molecule has 1 N–H and O–H groups in total. The molecule has 0 spiro atoms. The maximum Gasteiger partial charge on any atom is 0.261 e. The topological polar surface area (TPSA) is 52.7 Å². The van der Waals surface area contributed by atoms with Crippen molar-refractivity contribution in [3.63, 3.8) is 0 Å². The summed E-state index contributed by atoms with van der Waals surface area (Å²) in [5.74, 6) is 0. The fraction of sp³-hybridized carbons (Fsp3) is 0.368. The first-order valence-electron chi connectivity index (χ1n) is 8.47. The van der Waals surface area contributed by atoms with E-state index in [0.29, 0.717) is 5.69 Å². The summed E-state index contributed by atoms with van der Waals surface area (Å²) >= 11 is 0. The van der Waals surface area contributed by atoms with Gasteiger partial charge >= 0.3 is 0 Å². The molecule has 2 aromatic rings. The molecule has 1 radical (unpaired) electrons. The third-order valence-corrected chi connectivity index (χ3v) is 6.13. The molecule has 1 heterocycles. The van der Waals surface area contributed by atoms with Gasteiger partial charge in [-0.3, -0.25) is 9.62 Å². The van der Waals surface area contributed by atoms with Crippen molar-refractivity contribution in [2.24, 2.45) is 0 Å². The summed E-state index contributed by atoms with van der Waals surface area (Å²) in [4.78, 5) is 5.03. The van der Waals surface area contributed by atoms with Crippen LogP contribution in [0.2, 0.25) is 0 Å². The fourth-order valence-corrected chi connectivity index (χ4v) is 4.07. The number of hydrogen-bond donors (Lipinski definition) is 1. The van der Waals surface area contributed by atoms with Gasteiger partial charge < -0.3 is 4.90 Å². The molecule has 6 heteroatoms. The summed E-state index contributed by atoms with van der Waals surface area (Å²) in [6, 6.07) is 17.1. The Morgan fingerprint density at radius 1 is 1.00 bits per heavy atom. The summed E-state index contributed by atoms with van der Waals surface area (Å²) in [5, 5.41) is 0. The van der Waals surface area contributed by atoms with E-state index in [0.717, 1.165) is 31.7 Å². The Morgan fingerprint density at radius 2 is 1.60 bits per heavy atom.